The van der Waals surface area contributed by atoms with Crippen LogP contribution in [0.15, 0.2) is 34.2 Å². The first-order chi connectivity index (χ1) is 9.17. The van der Waals surface area contributed by atoms with Gasteiger partial charge in [-0.2, -0.15) is 5.26 Å². The van der Waals surface area contributed by atoms with E-state index in [1.165, 1.54) is 11.8 Å². The lowest BCUT2D eigenvalue weighted by Crippen LogP contribution is -2.23. The minimum atomic E-state index is -0.226. The van der Waals surface area contributed by atoms with Gasteiger partial charge in [-0.15, -0.1) is 0 Å². The Kier molecular flexibility index (Phi) is 4.23. The molecule has 0 fully saturated rings. The summed E-state index contributed by atoms with van der Waals surface area (Å²) in [5.41, 5.74) is 0.660. The normalized spacial score (nSPS) is 12.3. The summed E-state index contributed by atoms with van der Waals surface area (Å²) in [5.74, 6) is 0. The molecule has 5 heteroatoms. The lowest BCUT2D eigenvalue weighted by Gasteiger charge is -2.12. The predicted octanol–water partition coefficient (Wildman–Crippen LogP) is 2.81. The Balaban J connectivity index is 2.63. The van der Waals surface area contributed by atoms with E-state index in [1.807, 2.05) is 32.0 Å². The quantitative estimate of drug-likeness (QED) is 0.635. The van der Waals surface area contributed by atoms with E-state index in [9.17, 15) is 4.79 Å². The number of hydrogen-bond donors (Lipinski definition) is 0. The standard InChI is InChI=1S/C14H15N3OS/c1-3-8-17-13(18)11-6-4-5-7-12(11)16-14(17)19-10(2)9-15/h4-7,10H,3,8H2,1-2H3/t10-/m1/s1. The molecule has 0 N–H and O–H groups in total. The summed E-state index contributed by atoms with van der Waals surface area (Å²) in [6, 6.07) is 9.48. The molecule has 0 bridgehead atoms. The summed E-state index contributed by atoms with van der Waals surface area (Å²) in [6.45, 7) is 4.45. The van der Waals surface area contributed by atoms with Crippen molar-refractivity contribution in [2.75, 3.05) is 0 Å². The van der Waals surface area contributed by atoms with E-state index < -0.39 is 0 Å². The molecule has 0 aliphatic carbocycles. The largest absolute Gasteiger partial charge is 0.287 e. The highest BCUT2D eigenvalue weighted by molar-refractivity contribution is 8.00. The second-order valence-corrected chi connectivity index (χ2v) is 5.57. The van der Waals surface area contributed by atoms with Crippen LogP contribution in [0, 0.1) is 11.3 Å². The van der Waals surface area contributed by atoms with Crippen LogP contribution < -0.4 is 5.56 Å². The molecule has 0 unspecified atom stereocenters. The molecule has 19 heavy (non-hydrogen) atoms. The van der Waals surface area contributed by atoms with E-state index >= 15 is 0 Å². The SMILES string of the molecule is CCCn1c(S[C@H](C)C#N)nc2ccccc2c1=O. The highest BCUT2D eigenvalue weighted by Crippen LogP contribution is 2.22. The topological polar surface area (TPSA) is 58.7 Å². The zero-order chi connectivity index (χ0) is 13.8. The summed E-state index contributed by atoms with van der Waals surface area (Å²) in [4.78, 5) is 17.0. The van der Waals surface area contributed by atoms with Gasteiger partial charge in [0.2, 0.25) is 0 Å². The number of hydrogen-bond acceptors (Lipinski definition) is 4. The third-order valence-corrected chi connectivity index (χ3v) is 3.72. The Labute approximate surface area is 116 Å². The zero-order valence-corrected chi connectivity index (χ0v) is 11.8. The molecule has 0 aliphatic rings. The molecular formula is C14H15N3OS. The average Bonchev–Trinajstić information content (AvgIpc) is 2.43. The Hall–Kier alpha value is -1.80. The molecule has 0 radical (unpaired) electrons. The third-order valence-electron chi connectivity index (χ3n) is 2.74. The van der Waals surface area contributed by atoms with Crippen LogP contribution >= 0.6 is 11.8 Å². The number of nitrogens with zero attached hydrogens (tertiary/aromatic N) is 3. The van der Waals surface area contributed by atoms with E-state index in [4.69, 9.17) is 5.26 Å². The van der Waals surface area contributed by atoms with Gasteiger partial charge in [0, 0.05) is 6.54 Å². The molecule has 0 spiro atoms. The summed E-state index contributed by atoms with van der Waals surface area (Å²) in [7, 11) is 0. The first-order valence-electron chi connectivity index (χ1n) is 6.23. The molecule has 0 saturated carbocycles. The van der Waals surface area contributed by atoms with E-state index in [-0.39, 0.29) is 10.8 Å². The molecule has 0 saturated heterocycles. The van der Waals surface area contributed by atoms with Crippen molar-refractivity contribution >= 4 is 22.7 Å². The smallest absolute Gasteiger partial charge is 0.262 e. The Morgan fingerprint density at radius 3 is 2.89 bits per heavy atom. The van der Waals surface area contributed by atoms with Gasteiger partial charge in [0.1, 0.15) is 0 Å². The van der Waals surface area contributed by atoms with Crippen molar-refractivity contribution in [2.45, 2.75) is 37.2 Å². The van der Waals surface area contributed by atoms with Crippen molar-refractivity contribution in [3.8, 4) is 6.07 Å². The first kappa shape index (κ1) is 13.6. The van der Waals surface area contributed by atoms with E-state index in [1.54, 1.807) is 10.6 Å². The van der Waals surface area contributed by atoms with Gasteiger partial charge in [-0.25, -0.2) is 4.98 Å². The second kappa shape index (κ2) is 5.89. The van der Waals surface area contributed by atoms with Crippen molar-refractivity contribution in [3.63, 3.8) is 0 Å². The minimum Gasteiger partial charge on any atom is -0.287 e. The molecule has 0 amide bonds. The molecule has 1 aromatic heterocycles. The molecule has 2 aromatic rings. The van der Waals surface area contributed by atoms with Crippen molar-refractivity contribution in [2.24, 2.45) is 0 Å². The fourth-order valence-electron chi connectivity index (χ4n) is 1.84. The van der Waals surface area contributed by atoms with Gasteiger partial charge in [-0.3, -0.25) is 9.36 Å². The first-order valence-corrected chi connectivity index (χ1v) is 7.11. The molecule has 1 heterocycles. The third kappa shape index (κ3) is 2.79. The van der Waals surface area contributed by atoms with Crippen molar-refractivity contribution in [3.05, 3.63) is 34.6 Å². The van der Waals surface area contributed by atoms with Gasteiger partial charge in [-0.1, -0.05) is 30.8 Å². The maximum absolute atomic E-state index is 12.4. The van der Waals surface area contributed by atoms with Crippen LogP contribution in [0.5, 0.6) is 0 Å². The molecule has 1 atom stereocenters. The van der Waals surface area contributed by atoms with Crippen LogP contribution in [0.25, 0.3) is 10.9 Å². The van der Waals surface area contributed by atoms with Gasteiger partial charge in [-0.05, 0) is 25.5 Å². The Morgan fingerprint density at radius 2 is 2.21 bits per heavy atom. The molecular weight excluding hydrogens is 258 g/mol. The fourth-order valence-corrected chi connectivity index (χ4v) is 2.66. The Morgan fingerprint density at radius 1 is 1.47 bits per heavy atom. The fraction of sp³-hybridized carbons (Fsp3) is 0.357. The van der Waals surface area contributed by atoms with Crippen molar-refractivity contribution in [1.82, 2.24) is 9.55 Å². The average molecular weight is 273 g/mol. The van der Waals surface area contributed by atoms with Crippen LogP contribution in [0.4, 0.5) is 0 Å². The number of rotatable bonds is 4. The monoisotopic (exact) mass is 273 g/mol. The van der Waals surface area contributed by atoms with Crippen LogP contribution in [0.3, 0.4) is 0 Å². The van der Waals surface area contributed by atoms with Crippen molar-refractivity contribution in [1.29, 1.82) is 5.26 Å². The van der Waals surface area contributed by atoms with Crippen molar-refractivity contribution < 1.29 is 0 Å². The summed E-state index contributed by atoms with van der Waals surface area (Å²) in [6.07, 6.45) is 0.856. The highest BCUT2D eigenvalue weighted by atomic mass is 32.2. The van der Waals surface area contributed by atoms with Gasteiger partial charge in [0.15, 0.2) is 5.16 Å². The predicted molar refractivity (Wildman–Crippen MR) is 77.2 cm³/mol. The summed E-state index contributed by atoms with van der Waals surface area (Å²) < 4.78 is 1.67. The maximum Gasteiger partial charge on any atom is 0.262 e. The summed E-state index contributed by atoms with van der Waals surface area (Å²) in [5, 5.41) is 9.94. The maximum atomic E-state index is 12.4. The van der Waals surface area contributed by atoms with Gasteiger partial charge in [0.05, 0.1) is 22.2 Å². The van der Waals surface area contributed by atoms with E-state index in [0.29, 0.717) is 22.6 Å². The lowest BCUT2D eigenvalue weighted by atomic mass is 10.2. The molecule has 2 rings (SSSR count). The zero-order valence-electron chi connectivity index (χ0n) is 11.0. The van der Waals surface area contributed by atoms with Crippen LogP contribution in [-0.4, -0.2) is 14.8 Å². The number of thioether (sulfide) groups is 1. The number of fused-ring (bicyclic) bond motifs is 1. The van der Waals surface area contributed by atoms with Crippen LogP contribution in [0.2, 0.25) is 0 Å². The number of benzene rings is 1. The number of aromatic nitrogens is 2. The molecule has 1 aromatic carbocycles. The Bertz CT molecular complexity index is 687. The molecule has 98 valence electrons. The number of para-hydroxylation sites is 1. The van der Waals surface area contributed by atoms with Crippen LogP contribution in [0.1, 0.15) is 20.3 Å². The van der Waals surface area contributed by atoms with E-state index in [0.717, 1.165) is 6.42 Å². The minimum absolute atomic E-state index is 0.0277. The molecule has 0 aliphatic heterocycles. The van der Waals surface area contributed by atoms with Crippen LogP contribution in [-0.2, 0) is 6.54 Å². The highest BCUT2D eigenvalue weighted by Gasteiger charge is 2.13. The number of nitriles is 1. The lowest BCUT2D eigenvalue weighted by molar-refractivity contribution is 0.584. The van der Waals surface area contributed by atoms with Gasteiger partial charge >= 0.3 is 0 Å². The molecule has 4 nitrogen and oxygen atoms in total. The van der Waals surface area contributed by atoms with Gasteiger partial charge < -0.3 is 0 Å². The summed E-state index contributed by atoms with van der Waals surface area (Å²) >= 11 is 1.33. The second-order valence-electron chi connectivity index (χ2n) is 4.26. The van der Waals surface area contributed by atoms with Gasteiger partial charge in [0.25, 0.3) is 5.56 Å². The van der Waals surface area contributed by atoms with E-state index in [2.05, 4.69) is 11.1 Å².